The highest BCUT2D eigenvalue weighted by Gasteiger charge is 2.32. The quantitative estimate of drug-likeness (QED) is 0.834. The molecule has 1 unspecified atom stereocenters. The van der Waals surface area contributed by atoms with E-state index in [0.717, 1.165) is 4.90 Å². The highest BCUT2D eigenvalue weighted by atomic mass is 35.5. The lowest BCUT2D eigenvalue weighted by Crippen LogP contribution is -2.48. The number of rotatable bonds is 3. The first-order valence-electron chi connectivity index (χ1n) is 6.04. The van der Waals surface area contributed by atoms with E-state index in [0.29, 0.717) is 34.5 Å². The van der Waals surface area contributed by atoms with Gasteiger partial charge in [-0.25, -0.2) is 4.98 Å². The van der Waals surface area contributed by atoms with Crippen LogP contribution in [0.2, 0.25) is 10.0 Å². The molecule has 2 rings (SSSR count). The van der Waals surface area contributed by atoms with Gasteiger partial charge in [-0.05, 0) is 12.5 Å². The molecule has 0 bridgehead atoms. The highest BCUT2D eigenvalue weighted by molar-refractivity contribution is 6.37. The van der Waals surface area contributed by atoms with Crippen molar-refractivity contribution in [3.8, 4) is 0 Å². The summed E-state index contributed by atoms with van der Waals surface area (Å²) in [7, 11) is 3.15. The summed E-state index contributed by atoms with van der Waals surface area (Å²) in [5.41, 5.74) is 0. The number of carbonyl (C=O) groups is 2. The van der Waals surface area contributed by atoms with Gasteiger partial charge in [0.25, 0.3) is 5.91 Å². The Bertz CT molecular complexity index is 565. The molecule has 8 heteroatoms. The van der Waals surface area contributed by atoms with Crippen LogP contribution < -0.4 is 10.6 Å². The minimum Gasteiger partial charge on any atom is -0.372 e. The van der Waals surface area contributed by atoms with Crippen molar-refractivity contribution in [2.24, 2.45) is 0 Å². The third-order valence-corrected chi connectivity index (χ3v) is 3.70. The van der Waals surface area contributed by atoms with Gasteiger partial charge in [-0.1, -0.05) is 23.2 Å². The fraction of sp³-hybridized carbons (Fsp3) is 0.417. The summed E-state index contributed by atoms with van der Waals surface area (Å²) in [6, 6.07) is 1.03. The van der Waals surface area contributed by atoms with Crippen LogP contribution in [0.15, 0.2) is 6.07 Å². The Labute approximate surface area is 126 Å². The highest BCUT2D eigenvalue weighted by Crippen LogP contribution is 2.30. The number of nitrogens with zero attached hydrogens (tertiary/aromatic N) is 2. The molecule has 0 aromatic carbocycles. The number of nitrogens with one attached hydrogen (secondary N) is 2. The number of pyridine rings is 1. The molecule has 2 N–H and O–H groups in total. The van der Waals surface area contributed by atoms with Crippen LogP contribution in [0.25, 0.3) is 0 Å². The Balaban J connectivity index is 2.22. The van der Waals surface area contributed by atoms with Gasteiger partial charge in [-0.15, -0.1) is 0 Å². The lowest BCUT2D eigenvalue weighted by Gasteiger charge is -2.28. The van der Waals surface area contributed by atoms with Gasteiger partial charge in [0.1, 0.15) is 17.7 Å². The van der Waals surface area contributed by atoms with Gasteiger partial charge in [0.2, 0.25) is 5.91 Å². The Morgan fingerprint density at radius 2 is 1.95 bits per heavy atom. The summed E-state index contributed by atoms with van der Waals surface area (Å²) in [5, 5.41) is 6.52. The van der Waals surface area contributed by atoms with E-state index in [1.165, 1.54) is 7.05 Å². The average Bonchev–Trinajstić information content (AvgIpc) is 2.42. The number of piperidine rings is 1. The smallest absolute Gasteiger partial charge is 0.251 e. The monoisotopic (exact) mass is 316 g/mol. The van der Waals surface area contributed by atoms with Gasteiger partial charge in [-0.3, -0.25) is 14.5 Å². The lowest BCUT2D eigenvalue weighted by molar-refractivity contribution is -0.146. The van der Waals surface area contributed by atoms with Crippen LogP contribution in [0.4, 0.5) is 11.6 Å². The molecule has 0 aliphatic carbocycles. The molecular formula is C12H14Cl2N4O2. The van der Waals surface area contributed by atoms with Gasteiger partial charge in [0, 0.05) is 20.5 Å². The van der Waals surface area contributed by atoms with Crippen LogP contribution >= 0.6 is 23.2 Å². The predicted molar refractivity (Wildman–Crippen MR) is 78.2 cm³/mol. The fourth-order valence-electron chi connectivity index (χ4n) is 1.96. The second-order valence-corrected chi connectivity index (χ2v) is 5.24. The summed E-state index contributed by atoms with van der Waals surface area (Å²) in [4.78, 5) is 28.8. The Morgan fingerprint density at radius 1 is 1.30 bits per heavy atom. The molecule has 1 saturated heterocycles. The molecule has 1 aromatic heterocycles. The average molecular weight is 317 g/mol. The van der Waals surface area contributed by atoms with E-state index in [1.54, 1.807) is 13.1 Å². The molecule has 1 fully saturated rings. The summed E-state index contributed by atoms with van der Waals surface area (Å²) in [5.74, 6) is 0.354. The zero-order valence-corrected chi connectivity index (χ0v) is 12.5. The number of hydrogen-bond acceptors (Lipinski definition) is 5. The van der Waals surface area contributed by atoms with Crippen molar-refractivity contribution in [1.82, 2.24) is 9.88 Å². The second-order valence-electron chi connectivity index (χ2n) is 4.43. The second kappa shape index (κ2) is 5.85. The molecule has 0 radical (unpaired) electrons. The van der Waals surface area contributed by atoms with Gasteiger partial charge >= 0.3 is 0 Å². The molecule has 108 valence electrons. The van der Waals surface area contributed by atoms with Crippen molar-refractivity contribution >= 4 is 46.7 Å². The summed E-state index contributed by atoms with van der Waals surface area (Å²) >= 11 is 12.0. The van der Waals surface area contributed by atoms with Crippen molar-refractivity contribution in [3.05, 3.63) is 16.1 Å². The number of carbonyl (C=O) groups excluding carboxylic acids is 2. The summed E-state index contributed by atoms with van der Waals surface area (Å²) in [6.07, 6.45) is 0.724. The standard InChI is InChI=1S/C12H14Cl2N4O2/c1-15-10-6(13)5-7(14)11(17-10)16-8-3-4-9(19)18(2)12(8)20/h5,8H,3-4H2,1-2H3,(H2,15,16,17). The maximum absolute atomic E-state index is 12.0. The minimum absolute atomic E-state index is 0.181. The van der Waals surface area contributed by atoms with Gasteiger partial charge in [0.15, 0.2) is 0 Å². The zero-order valence-electron chi connectivity index (χ0n) is 11.0. The first-order chi connectivity index (χ1) is 9.43. The molecule has 1 aromatic rings. The van der Waals surface area contributed by atoms with E-state index in [4.69, 9.17) is 23.2 Å². The topological polar surface area (TPSA) is 74.3 Å². The fourth-order valence-corrected chi connectivity index (χ4v) is 2.47. The predicted octanol–water partition coefficient (Wildman–Crippen LogP) is 1.99. The van der Waals surface area contributed by atoms with E-state index in [1.807, 2.05) is 0 Å². The van der Waals surface area contributed by atoms with E-state index < -0.39 is 6.04 Å². The molecular weight excluding hydrogens is 303 g/mol. The van der Waals surface area contributed by atoms with Crippen LogP contribution in [0, 0.1) is 0 Å². The molecule has 1 atom stereocenters. The molecule has 1 aliphatic rings. The van der Waals surface area contributed by atoms with E-state index in [9.17, 15) is 9.59 Å². The lowest BCUT2D eigenvalue weighted by atomic mass is 10.0. The molecule has 0 spiro atoms. The first kappa shape index (κ1) is 14.9. The number of likely N-dealkylation sites (tertiary alicyclic amines) is 1. The van der Waals surface area contributed by atoms with Crippen molar-refractivity contribution in [2.75, 3.05) is 24.7 Å². The molecule has 2 heterocycles. The molecule has 6 nitrogen and oxygen atoms in total. The van der Waals surface area contributed by atoms with Crippen molar-refractivity contribution < 1.29 is 9.59 Å². The SMILES string of the molecule is CNc1nc(NC2CCC(=O)N(C)C2=O)c(Cl)cc1Cl. The largest absolute Gasteiger partial charge is 0.372 e. The molecule has 0 saturated carbocycles. The van der Waals surface area contributed by atoms with E-state index in [-0.39, 0.29) is 11.8 Å². The zero-order chi connectivity index (χ0) is 14.9. The Morgan fingerprint density at radius 3 is 2.60 bits per heavy atom. The number of imide groups is 1. The molecule has 20 heavy (non-hydrogen) atoms. The van der Waals surface area contributed by atoms with Crippen LogP contribution in [0.5, 0.6) is 0 Å². The molecule has 1 aliphatic heterocycles. The third-order valence-electron chi connectivity index (χ3n) is 3.13. The van der Waals surface area contributed by atoms with E-state index in [2.05, 4.69) is 15.6 Å². The van der Waals surface area contributed by atoms with Gasteiger partial charge in [-0.2, -0.15) is 0 Å². The molecule has 2 amide bonds. The minimum atomic E-state index is -0.520. The number of hydrogen-bond donors (Lipinski definition) is 2. The maximum atomic E-state index is 12.0. The van der Waals surface area contributed by atoms with Gasteiger partial charge < -0.3 is 10.6 Å². The van der Waals surface area contributed by atoms with Crippen LogP contribution in [0.1, 0.15) is 12.8 Å². The summed E-state index contributed by atoms with van der Waals surface area (Å²) < 4.78 is 0. The number of amides is 2. The van der Waals surface area contributed by atoms with Crippen molar-refractivity contribution in [1.29, 1.82) is 0 Å². The summed E-state index contributed by atoms with van der Waals surface area (Å²) in [6.45, 7) is 0. The number of halogens is 2. The Kier molecular flexibility index (Phi) is 4.35. The van der Waals surface area contributed by atoms with Crippen molar-refractivity contribution in [3.63, 3.8) is 0 Å². The number of likely N-dealkylation sites (N-methyl/N-ethyl adjacent to an activating group) is 1. The third kappa shape index (κ3) is 2.81. The van der Waals surface area contributed by atoms with Gasteiger partial charge in [0.05, 0.1) is 10.0 Å². The van der Waals surface area contributed by atoms with Crippen LogP contribution in [0.3, 0.4) is 0 Å². The number of anilines is 2. The number of aromatic nitrogens is 1. The van der Waals surface area contributed by atoms with Crippen LogP contribution in [-0.2, 0) is 9.59 Å². The van der Waals surface area contributed by atoms with Crippen molar-refractivity contribution in [2.45, 2.75) is 18.9 Å². The van der Waals surface area contributed by atoms with E-state index >= 15 is 0 Å². The maximum Gasteiger partial charge on any atom is 0.251 e. The Hall–Kier alpha value is -1.53. The first-order valence-corrected chi connectivity index (χ1v) is 6.80. The normalized spacial score (nSPS) is 19.2. The van der Waals surface area contributed by atoms with Crippen LogP contribution in [-0.4, -0.2) is 41.8 Å².